The molecule has 7 heteroatoms. The highest BCUT2D eigenvalue weighted by atomic mass is 16.5. The second kappa shape index (κ2) is 10.8. The number of hydrogen-bond acceptors (Lipinski definition) is 5. The molecule has 0 unspecified atom stereocenters. The molecule has 0 aliphatic carbocycles. The van der Waals surface area contributed by atoms with Gasteiger partial charge in [-0.2, -0.15) is 0 Å². The Morgan fingerprint density at radius 2 is 1.78 bits per heavy atom. The van der Waals surface area contributed by atoms with Crippen LogP contribution in [0.25, 0.3) is 0 Å². The van der Waals surface area contributed by atoms with Crippen molar-refractivity contribution in [1.29, 1.82) is 0 Å². The number of hydrazine groups is 1. The van der Waals surface area contributed by atoms with Crippen molar-refractivity contribution in [3.8, 4) is 11.5 Å². The number of aryl methyl sites for hydroxylation is 1. The van der Waals surface area contributed by atoms with E-state index in [1.807, 2.05) is 32.0 Å². The van der Waals surface area contributed by atoms with Crippen molar-refractivity contribution < 1.29 is 23.8 Å². The largest absolute Gasteiger partial charge is 0.491 e. The smallest absolute Gasteiger partial charge is 0.276 e. The first-order valence-corrected chi connectivity index (χ1v) is 8.68. The van der Waals surface area contributed by atoms with Crippen LogP contribution in [0.1, 0.15) is 22.8 Å². The van der Waals surface area contributed by atoms with Gasteiger partial charge in [0.2, 0.25) is 0 Å². The molecule has 2 rings (SSSR count). The normalized spacial score (nSPS) is 10.1. The molecule has 0 fully saturated rings. The molecule has 0 bridgehead atoms. The molecule has 0 atom stereocenters. The highest BCUT2D eigenvalue weighted by molar-refractivity contribution is 5.95. The lowest BCUT2D eigenvalue weighted by molar-refractivity contribution is -0.123. The van der Waals surface area contributed by atoms with Crippen LogP contribution in [0.5, 0.6) is 11.5 Å². The second-order valence-corrected chi connectivity index (χ2v) is 5.63. The Morgan fingerprint density at radius 1 is 0.963 bits per heavy atom. The SMILES string of the molecule is CCOCCOc1cccc(C(=O)NNC(=O)COc2ccccc2C)c1. The number of carbonyl (C=O) groups excluding carboxylic acids is 2. The first-order chi connectivity index (χ1) is 13.1. The molecule has 0 aliphatic rings. The van der Waals surface area contributed by atoms with Crippen LogP contribution in [-0.2, 0) is 9.53 Å². The van der Waals surface area contributed by atoms with Crippen LogP contribution in [0.2, 0.25) is 0 Å². The number of benzene rings is 2. The lowest BCUT2D eigenvalue weighted by Gasteiger charge is -2.11. The summed E-state index contributed by atoms with van der Waals surface area (Å²) >= 11 is 0. The maximum atomic E-state index is 12.2. The summed E-state index contributed by atoms with van der Waals surface area (Å²) in [5.74, 6) is 0.262. The minimum Gasteiger partial charge on any atom is -0.491 e. The van der Waals surface area contributed by atoms with Crippen LogP contribution in [0.3, 0.4) is 0 Å². The van der Waals surface area contributed by atoms with E-state index in [0.29, 0.717) is 36.9 Å². The van der Waals surface area contributed by atoms with Gasteiger partial charge >= 0.3 is 0 Å². The van der Waals surface area contributed by atoms with Gasteiger partial charge in [0.05, 0.1) is 6.61 Å². The minimum atomic E-state index is -0.462. The van der Waals surface area contributed by atoms with Crippen molar-refractivity contribution in [2.45, 2.75) is 13.8 Å². The number of rotatable bonds is 9. The van der Waals surface area contributed by atoms with Gasteiger partial charge in [0.1, 0.15) is 18.1 Å². The quantitative estimate of drug-likeness (QED) is 0.521. The molecule has 144 valence electrons. The van der Waals surface area contributed by atoms with Crippen LogP contribution in [0, 0.1) is 6.92 Å². The first kappa shape index (κ1) is 20.3. The Balaban J connectivity index is 1.77. The van der Waals surface area contributed by atoms with Crippen molar-refractivity contribution in [3.63, 3.8) is 0 Å². The van der Waals surface area contributed by atoms with E-state index in [0.717, 1.165) is 5.56 Å². The van der Waals surface area contributed by atoms with Crippen molar-refractivity contribution in [2.24, 2.45) is 0 Å². The van der Waals surface area contributed by atoms with Gasteiger partial charge in [0.25, 0.3) is 11.8 Å². The van der Waals surface area contributed by atoms with Gasteiger partial charge in [-0.25, -0.2) is 0 Å². The number of carbonyl (C=O) groups is 2. The zero-order valence-electron chi connectivity index (χ0n) is 15.5. The maximum Gasteiger partial charge on any atom is 0.276 e. The van der Waals surface area contributed by atoms with E-state index >= 15 is 0 Å². The van der Waals surface area contributed by atoms with Gasteiger partial charge in [-0.05, 0) is 43.7 Å². The van der Waals surface area contributed by atoms with Crippen LogP contribution in [0.15, 0.2) is 48.5 Å². The molecular formula is C20H24N2O5. The van der Waals surface area contributed by atoms with Gasteiger partial charge in [0, 0.05) is 12.2 Å². The van der Waals surface area contributed by atoms with E-state index < -0.39 is 11.8 Å². The van der Waals surface area contributed by atoms with E-state index in [9.17, 15) is 9.59 Å². The number of amides is 2. The number of nitrogens with one attached hydrogen (secondary N) is 2. The average Bonchev–Trinajstić information content (AvgIpc) is 2.69. The number of para-hydroxylation sites is 1. The topological polar surface area (TPSA) is 85.9 Å². The predicted molar refractivity (Wildman–Crippen MR) is 101 cm³/mol. The van der Waals surface area contributed by atoms with Gasteiger partial charge in [0.15, 0.2) is 6.61 Å². The Hall–Kier alpha value is -3.06. The monoisotopic (exact) mass is 372 g/mol. The van der Waals surface area contributed by atoms with Crippen LogP contribution >= 0.6 is 0 Å². The summed E-state index contributed by atoms with van der Waals surface area (Å²) in [6.45, 7) is 5.09. The summed E-state index contributed by atoms with van der Waals surface area (Å²) in [7, 11) is 0. The Bertz CT molecular complexity index is 764. The molecule has 0 radical (unpaired) electrons. The van der Waals surface area contributed by atoms with Gasteiger partial charge in [-0.3, -0.25) is 20.4 Å². The third-order valence-electron chi connectivity index (χ3n) is 3.56. The fraction of sp³-hybridized carbons (Fsp3) is 0.300. The zero-order chi connectivity index (χ0) is 19.5. The average molecular weight is 372 g/mol. The van der Waals surface area contributed by atoms with E-state index in [2.05, 4.69) is 10.9 Å². The third kappa shape index (κ3) is 6.99. The molecule has 0 spiro atoms. The highest BCUT2D eigenvalue weighted by Crippen LogP contribution is 2.15. The Morgan fingerprint density at radius 3 is 2.56 bits per heavy atom. The van der Waals surface area contributed by atoms with Crippen molar-refractivity contribution in [2.75, 3.05) is 26.4 Å². The molecular weight excluding hydrogens is 348 g/mol. The zero-order valence-corrected chi connectivity index (χ0v) is 15.5. The van der Waals surface area contributed by atoms with E-state index in [1.54, 1.807) is 30.3 Å². The van der Waals surface area contributed by atoms with E-state index in [-0.39, 0.29) is 6.61 Å². The summed E-state index contributed by atoms with van der Waals surface area (Å²) in [5.41, 5.74) is 5.97. The molecule has 0 saturated carbocycles. The lowest BCUT2D eigenvalue weighted by atomic mass is 10.2. The second-order valence-electron chi connectivity index (χ2n) is 5.63. The van der Waals surface area contributed by atoms with Gasteiger partial charge < -0.3 is 14.2 Å². The van der Waals surface area contributed by atoms with Crippen LogP contribution < -0.4 is 20.3 Å². The Labute approximate surface area is 158 Å². The molecule has 7 nitrogen and oxygen atoms in total. The summed E-state index contributed by atoms with van der Waals surface area (Å²) in [6.07, 6.45) is 0. The fourth-order valence-corrected chi connectivity index (χ4v) is 2.19. The standard InChI is InChI=1S/C20H24N2O5/c1-3-25-11-12-26-17-9-6-8-16(13-17)20(24)22-21-19(23)14-27-18-10-5-4-7-15(18)2/h4-10,13H,3,11-12,14H2,1-2H3,(H,21,23)(H,22,24). The minimum absolute atomic E-state index is 0.203. The van der Waals surface area contributed by atoms with E-state index in [4.69, 9.17) is 14.2 Å². The van der Waals surface area contributed by atoms with Crippen LogP contribution in [0.4, 0.5) is 0 Å². The molecule has 2 N–H and O–H groups in total. The highest BCUT2D eigenvalue weighted by Gasteiger charge is 2.09. The molecule has 0 heterocycles. The molecule has 0 aliphatic heterocycles. The van der Waals surface area contributed by atoms with E-state index in [1.165, 1.54) is 0 Å². The molecule has 0 aromatic heterocycles. The Kier molecular flexibility index (Phi) is 8.12. The lowest BCUT2D eigenvalue weighted by Crippen LogP contribution is -2.43. The van der Waals surface area contributed by atoms with Crippen molar-refractivity contribution in [3.05, 3.63) is 59.7 Å². The summed E-state index contributed by atoms with van der Waals surface area (Å²) < 4.78 is 16.1. The molecule has 2 aromatic carbocycles. The number of ether oxygens (including phenoxy) is 3. The summed E-state index contributed by atoms with van der Waals surface area (Å²) in [4.78, 5) is 24.0. The molecule has 27 heavy (non-hydrogen) atoms. The molecule has 2 aromatic rings. The molecule has 0 saturated heterocycles. The van der Waals surface area contributed by atoms with Gasteiger partial charge in [-0.15, -0.1) is 0 Å². The third-order valence-corrected chi connectivity index (χ3v) is 3.56. The fourth-order valence-electron chi connectivity index (χ4n) is 2.19. The predicted octanol–water partition coefficient (Wildman–Crippen LogP) is 2.25. The van der Waals surface area contributed by atoms with Gasteiger partial charge in [-0.1, -0.05) is 24.3 Å². The first-order valence-electron chi connectivity index (χ1n) is 8.68. The van der Waals surface area contributed by atoms with Crippen molar-refractivity contribution in [1.82, 2.24) is 10.9 Å². The summed E-state index contributed by atoms with van der Waals surface area (Å²) in [6, 6.07) is 14.0. The maximum absolute atomic E-state index is 12.2. The summed E-state index contributed by atoms with van der Waals surface area (Å²) in [5, 5.41) is 0. The van der Waals surface area contributed by atoms with Crippen LogP contribution in [-0.4, -0.2) is 38.2 Å². The molecule has 2 amide bonds. The number of hydrogen-bond donors (Lipinski definition) is 2. The van der Waals surface area contributed by atoms with Crippen molar-refractivity contribution >= 4 is 11.8 Å².